The highest BCUT2D eigenvalue weighted by Crippen LogP contribution is 2.25. The third-order valence-electron chi connectivity index (χ3n) is 4.94. The molecule has 0 radical (unpaired) electrons. The lowest BCUT2D eigenvalue weighted by Crippen LogP contribution is -2.27. The predicted octanol–water partition coefficient (Wildman–Crippen LogP) is 4.83. The molecule has 1 saturated heterocycles. The molecule has 5 heteroatoms. The van der Waals surface area contributed by atoms with Crippen LogP contribution in [0, 0.1) is 0 Å². The van der Waals surface area contributed by atoms with Crippen LogP contribution in [-0.2, 0) is 6.54 Å². The van der Waals surface area contributed by atoms with Gasteiger partial charge in [-0.2, -0.15) is 0 Å². The van der Waals surface area contributed by atoms with Crippen molar-refractivity contribution in [2.45, 2.75) is 40.3 Å². The van der Waals surface area contributed by atoms with E-state index in [1.165, 1.54) is 5.69 Å². The number of hydrogen-bond donors (Lipinski definition) is 1. The Balaban J connectivity index is 0.00000136. The molecule has 28 heavy (non-hydrogen) atoms. The first-order chi connectivity index (χ1) is 13.6. The summed E-state index contributed by atoms with van der Waals surface area (Å²) in [6, 6.07) is 16.4. The molecule has 0 aromatic heterocycles. The maximum absolute atomic E-state index is 12.3. The zero-order valence-electron chi connectivity index (χ0n) is 17.7. The molecule has 152 valence electrons. The number of benzene rings is 2. The van der Waals surface area contributed by atoms with E-state index in [4.69, 9.17) is 4.74 Å². The zero-order chi connectivity index (χ0) is 20.5. The molecule has 1 aliphatic rings. The van der Waals surface area contributed by atoms with Gasteiger partial charge in [0.15, 0.2) is 0 Å². The number of rotatable bonds is 7. The van der Waals surface area contributed by atoms with Gasteiger partial charge in [-0.1, -0.05) is 38.1 Å². The standard InChI is InChI=1S/C21H27N3O2.C2H6/c1-4-23(5-2)18-10-8-17(9-11-18)20-15-24(21(25)22-20)14-16-6-12-19(26-3)13-7-16;1-2/h6-13,20H,4-5,14-15H2,1-3H3,(H,22,25);1-2H3/t20-;/m1./s1. The summed E-state index contributed by atoms with van der Waals surface area (Å²) in [5.74, 6) is 0.825. The highest BCUT2D eigenvalue weighted by molar-refractivity contribution is 5.77. The van der Waals surface area contributed by atoms with E-state index in [1.54, 1.807) is 7.11 Å². The van der Waals surface area contributed by atoms with Crippen molar-refractivity contribution in [3.8, 4) is 5.75 Å². The monoisotopic (exact) mass is 383 g/mol. The number of amides is 2. The average molecular weight is 384 g/mol. The second kappa shape index (κ2) is 10.6. The molecular formula is C23H33N3O2. The number of ether oxygens (including phenoxy) is 1. The summed E-state index contributed by atoms with van der Waals surface area (Å²) in [4.78, 5) is 16.5. The summed E-state index contributed by atoms with van der Waals surface area (Å²) in [6.07, 6.45) is 0. The van der Waals surface area contributed by atoms with E-state index in [-0.39, 0.29) is 12.1 Å². The van der Waals surface area contributed by atoms with Crippen molar-refractivity contribution < 1.29 is 9.53 Å². The van der Waals surface area contributed by atoms with Crippen LogP contribution in [0.1, 0.15) is 44.9 Å². The Labute approximate surface area is 169 Å². The minimum Gasteiger partial charge on any atom is -0.497 e. The molecule has 0 unspecified atom stereocenters. The summed E-state index contributed by atoms with van der Waals surface area (Å²) in [5, 5.41) is 3.09. The van der Waals surface area contributed by atoms with Gasteiger partial charge in [0.2, 0.25) is 0 Å². The van der Waals surface area contributed by atoms with E-state index in [1.807, 2.05) is 43.0 Å². The quantitative estimate of drug-likeness (QED) is 0.744. The van der Waals surface area contributed by atoms with Crippen molar-refractivity contribution >= 4 is 11.7 Å². The predicted molar refractivity (Wildman–Crippen MR) is 116 cm³/mol. The number of hydrogen-bond acceptors (Lipinski definition) is 3. The molecular weight excluding hydrogens is 350 g/mol. The number of carbonyl (C=O) groups excluding carboxylic acids is 1. The summed E-state index contributed by atoms with van der Waals surface area (Å²) >= 11 is 0. The van der Waals surface area contributed by atoms with Crippen LogP contribution in [0.5, 0.6) is 5.75 Å². The van der Waals surface area contributed by atoms with Crippen molar-refractivity contribution in [1.29, 1.82) is 0 Å². The van der Waals surface area contributed by atoms with Crippen molar-refractivity contribution in [1.82, 2.24) is 10.2 Å². The smallest absolute Gasteiger partial charge is 0.318 e. The Kier molecular flexibility index (Phi) is 8.18. The number of urea groups is 1. The van der Waals surface area contributed by atoms with Crippen LogP contribution in [0.2, 0.25) is 0 Å². The van der Waals surface area contributed by atoms with Crippen molar-refractivity contribution in [3.63, 3.8) is 0 Å². The van der Waals surface area contributed by atoms with Crippen molar-refractivity contribution in [3.05, 3.63) is 59.7 Å². The van der Waals surface area contributed by atoms with Gasteiger partial charge in [0, 0.05) is 31.9 Å². The number of nitrogens with one attached hydrogen (secondary N) is 1. The lowest BCUT2D eigenvalue weighted by molar-refractivity contribution is 0.215. The molecule has 0 bridgehead atoms. The molecule has 5 nitrogen and oxygen atoms in total. The first-order valence-electron chi connectivity index (χ1n) is 10.2. The number of methoxy groups -OCH3 is 1. The van der Waals surface area contributed by atoms with Crippen LogP contribution >= 0.6 is 0 Å². The largest absolute Gasteiger partial charge is 0.497 e. The third kappa shape index (κ3) is 5.18. The van der Waals surface area contributed by atoms with Crippen LogP contribution in [-0.4, -0.2) is 37.7 Å². The van der Waals surface area contributed by atoms with Crippen LogP contribution in [0.25, 0.3) is 0 Å². The molecule has 0 saturated carbocycles. The number of nitrogens with zero attached hydrogens (tertiary/aromatic N) is 2. The van der Waals surface area contributed by atoms with Gasteiger partial charge >= 0.3 is 6.03 Å². The van der Waals surface area contributed by atoms with Gasteiger partial charge in [0.05, 0.1) is 13.2 Å². The summed E-state index contributed by atoms with van der Waals surface area (Å²) in [7, 11) is 1.65. The van der Waals surface area contributed by atoms with E-state index in [0.29, 0.717) is 13.1 Å². The maximum Gasteiger partial charge on any atom is 0.318 e. The Morgan fingerprint density at radius 3 is 2.18 bits per heavy atom. The van der Waals surface area contributed by atoms with Crippen LogP contribution in [0.15, 0.2) is 48.5 Å². The molecule has 1 atom stereocenters. The van der Waals surface area contributed by atoms with Crippen LogP contribution in [0.3, 0.4) is 0 Å². The summed E-state index contributed by atoms with van der Waals surface area (Å²) < 4.78 is 5.18. The fraction of sp³-hybridized carbons (Fsp3) is 0.435. The van der Waals surface area contributed by atoms with Gasteiger partial charge in [-0.25, -0.2) is 4.79 Å². The molecule has 0 aliphatic carbocycles. The summed E-state index contributed by atoms with van der Waals surface area (Å²) in [5.41, 5.74) is 3.46. The lowest BCUT2D eigenvalue weighted by atomic mass is 10.1. The van der Waals surface area contributed by atoms with Gasteiger partial charge in [0.1, 0.15) is 5.75 Å². The van der Waals surface area contributed by atoms with Gasteiger partial charge < -0.3 is 19.9 Å². The third-order valence-corrected chi connectivity index (χ3v) is 4.94. The molecule has 1 heterocycles. The van der Waals surface area contributed by atoms with Gasteiger partial charge in [-0.05, 0) is 49.2 Å². The first kappa shape index (κ1) is 21.6. The maximum atomic E-state index is 12.3. The van der Waals surface area contributed by atoms with E-state index < -0.39 is 0 Å². The Hall–Kier alpha value is -2.69. The fourth-order valence-corrected chi connectivity index (χ4v) is 3.37. The minimum absolute atomic E-state index is 0.0152. The van der Waals surface area contributed by atoms with E-state index in [2.05, 4.69) is 48.3 Å². The molecule has 0 spiro atoms. The molecule has 2 aromatic rings. The van der Waals surface area contributed by atoms with Gasteiger partial charge in [0.25, 0.3) is 0 Å². The average Bonchev–Trinajstić information content (AvgIpc) is 3.12. The number of anilines is 1. The molecule has 3 rings (SSSR count). The Morgan fingerprint density at radius 1 is 1.04 bits per heavy atom. The van der Waals surface area contributed by atoms with Crippen LogP contribution < -0.4 is 15.0 Å². The fourth-order valence-electron chi connectivity index (χ4n) is 3.37. The molecule has 1 N–H and O–H groups in total. The number of carbonyl (C=O) groups is 1. The van der Waals surface area contributed by atoms with E-state index in [9.17, 15) is 4.79 Å². The summed E-state index contributed by atoms with van der Waals surface area (Å²) in [6.45, 7) is 11.6. The molecule has 1 fully saturated rings. The van der Waals surface area contributed by atoms with Crippen molar-refractivity contribution in [2.24, 2.45) is 0 Å². The Morgan fingerprint density at radius 2 is 1.64 bits per heavy atom. The second-order valence-electron chi connectivity index (χ2n) is 6.49. The van der Waals surface area contributed by atoms with Gasteiger partial charge in [-0.15, -0.1) is 0 Å². The molecule has 2 aromatic carbocycles. The van der Waals surface area contributed by atoms with E-state index in [0.717, 1.165) is 30.0 Å². The zero-order valence-corrected chi connectivity index (χ0v) is 17.7. The normalized spacial score (nSPS) is 15.5. The Bertz CT molecular complexity index is 725. The first-order valence-corrected chi connectivity index (χ1v) is 10.2. The highest BCUT2D eigenvalue weighted by Gasteiger charge is 2.29. The second-order valence-corrected chi connectivity index (χ2v) is 6.49. The molecule has 2 amide bonds. The van der Waals surface area contributed by atoms with Crippen LogP contribution in [0.4, 0.5) is 10.5 Å². The van der Waals surface area contributed by atoms with E-state index >= 15 is 0 Å². The molecule has 1 aliphatic heterocycles. The topological polar surface area (TPSA) is 44.8 Å². The SMILES string of the molecule is CC.CCN(CC)c1ccc([C@H]2CN(Cc3ccc(OC)cc3)C(=O)N2)cc1. The minimum atomic E-state index is -0.0152. The van der Waals surface area contributed by atoms with Gasteiger partial charge in [-0.3, -0.25) is 0 Å². The van der Waals surface area contributed by atoms with Crippen molar-refractivity contribution in [2.75, 3.05) is 31.6 Å². The highest BCUT2D eigenvalue weighted by atomic mass is 16.5. The lowest BCUT2D eigenvalue weighted by Gasteiger charge is -2.21.